The van der Waals surface area contributed by atoms with Gasteiger partial charge in [0.2, 0.25) is 0 Å². The number of ketones is 1. The van der Waals surface area contributed by atoms with Crippen molar-refractivity contribution in [2.24, 2.45) is 0 Å². The lowest BCUT2D eigenvalue weighted by Gasteiger charge is -2.26. The monoisotopic (exact) mass is 457 g/mol. The molecule has 2 aromatic rings. The van der Waals surface area contributed by atoms with Crippen molar-refractivity contribution < 1.29 is 38.7 Å². The number of phenols is 1. The van der Waals surface area contributed by atoms with Crippen molar-refractivity contribution >= 4 is 17.4 Å². The van der Waals surface area contributed by atoms with Gasteiger partial charge in [0.05, 0.1) is 39.0 Å². The van der Waals surface area contributed by atoms with Crippen LogP contribution in [0.2, 0.25) is 0 Å². The fourth-order valence-electron chi connectivity index (χ4n) is 3.84. The predicted octanol–water partition coefficient (Wildman–Crippen LogP) is 2.88. The van der Waals surface area contributed by atoms with Crippen LogP contribution in [-0.4, -0.2) is 67.9 Å². The molecule has 0 aromatic heterocycles. The van der Waals surface area contributed by atoms with Gasteiger partial charge in [-0.1, -0.05) is 12.1 Å². The van der Waals surface area contributed by atoms with E-state index >= 15 is 0 Å². The van der Waals surface area contributed by atoms with Crippen molar-refractivity contribution in [3.8, 4) is 23.0 Å². The lowest BCUT2D eigenvalue weighted by Crippen LogP contribution is -2.32. The Morgan fingerprint density at radius 2 is 1.70 bits per heavy atom. The summed E-state index contributed by atoms with van der Waals surface area (Å²) in [6, 6.07) is 8.48. The summed E-state index contributed by atoms with van der Waals surface area (Å²) < 4.78 is 21.3. The number of hydrogen-bond acceptors (Lipinski definition) is 8. The van der Waals surface area contributed by atoms with E-state index in [-0.39, 0.29) is 47.3 Å². The number of aromatic hydroxyl groups is 1. The minimum atomic E-state index is -0.949. The molecule has 0 aliphatic carbocycles. The molecule has 2 N–H and O–H groups in total. The number of hydrogen-bond donors (Lipinski definition) is 2. The Morgan fingerprint density at radius 1 is 1.03 bits per heavy atom. The van der Waals surface area contributed by atoms with Crippen LogP contribution in [0.1, 0.15) is 24.1 Å². The maximum atomic E-state index is 13.1. The summed E-state index contributed by atoms with van der Waals surface area (Å²) in [7, 11) is 4.34. The van der Waals surface area contributed by atoms with Crippen LogP contribution in [0.4, 0.5) is 0 Å². The van der Waals surface area contributed by atoms with E-state index in [4.69, 9.17) is 18.9 Å². The number of amides is 1. The molecule has 1 aliphatic rings. The first-order valence-electron chi connectivity index (χ1n) is 10.3. The summed E-state index contributed by atoms with van der Waals surface area (Å²) in [4.78, 5) is 27.4. The molecule has 1 atom stereocenters. The standard InChI is InChI=1S/C24H27NO8/c1-5-33-18-13-14(9-10-15(18)26)21-20(23(28)24(29)25(21)11-12-30-2)22(27)19-16(31-3)7-6-8-17(19)32-4/h6-10,13,21,26-27H,5,11-12H2,1-4H3/b22-20+. The van der Waals surface area contributed by atoms with Gasteiger partial charge in [-0.25, -0.2) is 0 Å². The molecule has 3 rings (SSSR count). The first-order chi connectivity index (χ1) is 15.9. The SMILES string of the molecule is CCOc1cc(C2/C(=C(\O)c3c(OC)cccc3OC)C(=O)C(=O)N2CCOC)ccc1O. The number of likely N-dealkylation sites (tertiary alicyclic amines) is 1. The molecule has 9 nitrogen and oxygen atoms in total. The van der Waals surface area contributed by atoms with Gasteiger partial charge >= 0.3 is 0 Å². The third kappa shape index (κ3) is 4.45. The van der Waals surface area contributed by atoms with E-state index in [2.05, 4.69) is 0 Å². The smallest absolute Gasteiger partial charge is 0.295 e. The second-order valence-electron chi connectivity index (χ2n) is 7.18. The van der Waals surface area contributed by atoms with E-state index < -0.39 is 23.5 Å². The third-order valence-corrected chi connectivity index (χ3v) is 5.34. The summed E-state index contributed by atoms with van der Waals surface area (Å²) in [6.45, 7) is 2.36. The van der Waals surface area contributed by atoms with Crippen LogP contribution in [0.25, 0.3) is 5.76 Å². The van der Waals surface area contributed by atoms with Crippen molar-refractivity contribution in [3.63, 3.8) is 0 Å². The van der Waals surface area contributed by atoms with Crippen LogP contribution in [0, 0.1) is 0 Å². The molecule has 1 amide bonds. The quantitative estimate of drug-likeness (QED) is 0.336. The molecule has 9 heteroatoms. The zero-order chi connectivity index (χ0) is 24.1. The first kappa shape index (κ1) is 23.9. The zero-order valence-corrected chi connectivity index (χ0v) is 19.0. The Balaban J connectivity index is 2.28. The van der Waals surface area contributed by atoms with Crippen molar-refractivity contribution in [1.82, 2.24) is 4.90 Å². The Kier molecular flexibility index (Phi) is 7.44. The van der Waals surface area contributed by atoms with Crippen molar-refractivity contribution in [2.45, 2.75) is 13.0 Å². The highest BCUT2D eigenvalue weighted by Gasteiger charge is 2.46. The largest absolute Gasteiger partial charge is 0.506 e. The number of aliphatic hydroxyl groups excluding tert-OH is 1. The minimum absolute atomic E-state index is 0.0826. The fraction of sp³-hybridized carbons (Fsp3) is 0.333. The van der Waals surface area contributed by atoms with Gasteiger partial charge in [-0.2, -0.15) is 0 Å². The predicted molar refractivity (Wildman–Crippen MR) is 120 cm³/mol. The van der Waals surface area contributed by atoms with Crippen LogP contribution >= 0.6 is 0 Å². The van der Waals surface area contributed by atoms with Gasteiger partial charge in [-0.3, -0.25) is 9.59 Å². The van der Waals surface area contributed by atoms with Gasteiger partial charge in [0.15, 0.2) is 11.5 Å². The summed E-state index contributed by atoms with van der Waals surface area (Å²) in [5, 5.41) is 21.5. The average molecular weight is 457 g/mol. The van der Waals surface area contributed by atoms with E-state index in [1.165, 1.54) is 32.3 Å². The van der Waals surface area contributed by atoms with E-state index in [0.717, 1.165) is 0 Å². The third-order valence-electron chi connectivity index (χ3n) is 5.34. The molecule has 1 saturated heterocycles. The molecule has 2 aromatic carbocycles. The van der Waals surface area contributed by atoms with Gasteiger partial charge < -0.3 is 34.1 Å². The number of phenolic OH excluding ortho intramolecular Hbond substituents is 1. The lowest BCUT2D eigenvalue weighted by atomic mass is 9.94. The number of Topliss-reactive ketones (excluding diaryl/α,β-unsaturated/α-hetero) is 1. The Bertz CT molecular complexity index is 1060. The van der Waals surface area contributed by atoms with E-state index in [1.807, 2.05) is 0 Å². The average Bonchev–Trinajstić information content (AvgIpc) is 3.08. The number of carbonyl (C=O) groups excluding carboxylic acids is 2. The number of aliphatic hydroxyl groups is 1. The van der Waals surface area contributed by atoms with Gasteiger partial charge in [0.25, 0.3) is 11.7 Å². The minimum Gasteiger partial charge on any atom is -0.506 e. The maximum Gasteiger partial charge on any atom is 0.295 e. The van der Waals surface area contributed by atoms with Crippen molar-refractivity contribution in [1.29, 1.82) is 0 Å². The number of methoxy groups -OCH3 is 3. The molecule has 0 bridgehead atoms. The summed E-state index contributed by atoms with van der Waals surface area (Å²) in [5.41, 5.74) is 0.495. The molecular weight excluding hydrogens is 430 g/mol. The van der Waals surface area contributed by atoms with Gasteiger partial charge in [0, 0.05) is 13.7 Å². The number of ether oxygens (including phenoxy) is 4. The summed E-state index contributed by atoms with van der Waals surface area (Å²) in [6.07, 6.45) is 0. The van der Waals surface area contributed by atoms with Gasteiger partial charge in [-0.15, -0.1) is 0 Å². The van der Waals surface area contributed by atoms with Crippen LogP contribution in [0.15, 0.2) is 42.0 Å². The number of nitrogens with zero attached hydrogens (tertiary/aromatic N) is 1. The van der Waals surface area contributed by atoms with Crippen LogP contribution in [0.3, 0.4) is 0 Å². The molecule has 1 fully saturated rings. The molecule has 176 valence electrons. The van der Waals surface area contributed by atoms with Crippen LogP contribution < -0.4 is 14.2 Å². The second-order valence-corrected chi connectivity index (χ2v) is 7.18. The van der Waals surface area contributed by atoms with E-state index in [0.29, 0.717) is 12.2 Å². The zero-order valence-electron chi connectivity index (χ0n) is 19.0. The normalized spacial score (nSPS) is 17.3. The summed E-state index contributed by atoms with van der Waals surface area (Å²) in [5.74, 6) is -1.41. The van der Waals surface area contributed by atoms with Gasteiger partial charge in [0.1, 0.15) is 22.8 Å². The highest BCUT2D eigenvalue weighted by atomic mass is 16.5. The highest BCUT2D eigenvalue weighted by molar-refractivity contribution is 6.46. The molecule has 33 heavy (non-hydrogen) atoms. The molecular formula is C24H27NO8. The van der Waals surface area contributed by atoms with Crippen LogP contribution in [0.5, 0.6) is 23.0 Å². The topological polar surface area (TPSA) is 115 Å². The lowest BCUT2D eigenvalue weighted by molar-refractivity contribution is -0.140. The van der Waals surface area contributed by atoms with Crippen LogP contribution in [-0.2, 0) is 14.3 Å². The fourth-order valence-corrected chi connectivity index (χ4v) is 3.84. The molecule has 1 heterocycles. The summed E-state index contributed by atoms with van der Waals surface area (Å²) >= 11 is 0. The number of carbonyl (C=O) groups is 2. The highest BCUT2D eigenvalue weighted by Crippen LogP contribution is 2.44. The first-order valence-corrected chi connectivity index (χ1v) is 10.3. The van der Waals surface area contributed by atoms with E-state index in [9.17, 15) is 19.8 Å². The Labute approximate surface area is 191 Å². The Morgan fingerprint density at radius 3 is 2.27 bits per heavy atom. The maximum absolute atomic E-state index is 13.1. The second kappa shape index (κ2) is 10.3. The molecule has 1 unspecified atom stereocenters. The molecule has 1 aliphatic heterocycles. The van der Waals surface area contributed by atoms with Crippen molar-refractivity contribution in [2.75, 3.05) is 41.1 Å². The van der Waals surface area contributed by atoms with E-state index in [1.54, 1.807) is 37.3 Å². The van der Waals surface area contributed by atoms with Gasteiger partial charge in [-0.05, 0) is 36.8 Å². The number of rotatable bonds is 9. The van der Waals surface area contributed by atoms with Crippen molar-refractivity contribution in [3.05, 3.63) is 53.1 Å². The molecule has 0 saturated carbocycles. The molecule has 0 radical (unpaired) electrons. The number of benzene rings is 2. The Hall–Kier alpha value is -3.72. The molecule has 0 spiro atoms.